The minimum absolute atomic E-state index is 0.244. The van der Waals surface area contributed by atoms with Crippen molar-refractivity contribution in [1.82, 2.24) is 0 Å². The molecule has 0 radical (unpaired) electrons. The predicted octanol–water partition coefficient (Wildman–Crippen LogP) is 5.18. The van der Waals surface area contributed by atoms with Crippen LogP contribution in [-0.4, -0.2) is 6.61 Å². The zero-order valence-electron chi connectivity index (χ0n) is 12.9. The van der Waals surface area contributed by atoms with Gasteiger partial charge in [0.15, 0.2) is 0 Å². The number of benzene rings is 2. The Balaban J connectivity index is 1.85. The lowest BCUT2D eigenvalue weighted by atomic mass is 10.2. The molecule has 0 aliphatic carbocycles. The molecule has 0 atom stereocenters. The van der Waals surface area contributed by atoms with E-state index in [2.05, 4.69) is 18.8 Å². The van der Waals surface area contributed by atoms with E-state index >= 15 is 0 Å². The Hall–Kier alpha value is -2.27. The minimum Gasteiger partial charge on any atom is -0.494 e. The molecule has 0 fully saturated rings. The molecule has 2 rings (SSSR count). The number of unbranched alkanes of at least 4 members (excludes halogenated alkanes) is 3. The fourth-order valence-corrected chi connectivity index (χ4v) is 2.03. The topological polar surface area (TPSA) is 9.23 Å². The van der Waals surface area contributed by atoms with Gasteiger partial charge in [0.05, 0.1) is 6.61 Å². The molecule has 0 unspecified atom stereocenters. The van der Waals surface area contributed by atoms with Crippen molar-refractivity contribution in [2.24, 2.45) is 0 Å². The molecule has 1 nitrogen and oxygen atoms in total. The van der Waals surface area contributed by atoms with Crippen molar-refractivity contribution in [2.45, 2.75) is 32.6 Å². The van der Waals surface area contributed by atoms with Gasteiger partial charge in [-0.15, -0.1) is 0 Å². The van der Waals surface area contributed by atoms with E-state index in [9.17, 15) is 4.39 Å². The summed E-state index contributed by atoms with van der Waals surface area (Å²) in [5.74, 6) is 6.71. The average molecular weight is 296 g/mol. The largest absolute Gasteiger partial charge is 0.494 e. The molecule has 0 saturated heterocycles. The summed E-state index contributed by atoms with van der Waals surface area (Å²) in [5.41, 5.74) is 1.72. The highest BCUT2D eigenvalue weighted by molar-refractivity contribution is 5.44. The quantitative estimate of drug-likeness (QED) is 0.527. The van der Waals surface area contributed by atoms with Crippen molar-refractivity contribution < 1.29 is 9.13 Å². The summed E-state index contributed by atoms with van der Waals surface area (Å²) >= 11 is 0. The van der Waals surface area contributed by atoms with Crippen LogP contribution in [0.25, 0.3) is 0 Å². The van der Waals surface area contributed by atoms with Crippen molar-refractivity contribution in [3.05, 3.63) is 65.5 Å². The third kappa shape index (κ3) is 5.61. The third-order valence-electron chi connectivity index (χ3n) is 3.32. The molecule has 0 aliphatic heterocycles. The normalized spacial score (nSPS) is 9.91. The van der Waals surface area contributed by atoms with Crippen molar-refractivity contribution in [3.8, 4) is 17.6 Å². The summed E-state index contributed by atoms with van der Waals surface area (Å²) in [6, 6.07) is 13.9. The van der Waals surface area contributed by atoms with E-state index in [4.69, 9.17) is 4.74 Å². The van der Waals surface area contributed by atoms with E-state index in [1.165, 1.54) is 31.4 Å². The molecule has 0 spiro atoms. The van der Waals surface area contributed by atoms with E-state index in [0.29, 0.717) is 0 Å². The van der Waals surface area contributed by atoms with Gasteiger partial charge >= 0.3 is 0 Å². The summed E-state index contributed by atoms with van der Waals surface area (Å²) in [5, 5.41) is 0. The maximum absolute atomic E-state index is 12.8. The van der Waals surface area contributed by atoms with Crippen molar-refractivity contribution >= 4 is 0 Å². The number of hydrogen-bond donors (Lipinski definition) is 0. The maximum atomic E-state index is 12.8. The second-order valence-corrected chi connectivity index (χ2v) is 5.19. The smallest absolute Gasteiger partial charge is 0.123 e. The van der Waals surface area contributed by atoms with Crippen LogP contribution in [0.1, 0.15) is 43.7 Å². The fraction of sp³-hybridized carbons (Fsp3) is 0.300. The third-order valence-corrected chi connectivity index (χ3v) is 3.32. The summed E-state index contributed by atoms with van der Waals surface area (Å²) < 4.78 is 18.5. The van der Waals surface area contributed by atoms with Crippen LogP contribution >= 0.6 is 0 Å². The molecule has 0 amide bonds. The zero-order valence-corrected chi connectivity index (χ0v) is 12.9. The van der Waals surface area contributed by atoms with E-state index in [1.54, 1.807) is 12.1 Å². The number of ether oxygens (including phenoxy) is 1. The second kappa shape index (κ2) is 8.89. The molecule has 114 valence electrons. The predicted molar refractivity (Wildman–Crippen MR) is 88.5 cm³/mol. The Labute approximate surface area is 132 Å². The van der Waals surface area contributed by atoms with Gasteiger partial charge in [0.1, 0.15) is 11.6 Å². The maximum Gasteiger partial charge on any atom is 0.123 e. The van der Waals surface area contributed by atoms with E-state index in [0.717, 1.165) is 29.9 Å². The molecule has 2 aromatic rings. The van der Waals surface area contributed by atoms with Gasteiger partial charge in [-0.3, -0.25) is 0 Å². The molecule has 0 aromatic heterocycles. The minimum atomic E-state index is -0.244. The van der Waals surface area contributed by atoms with Gasteiger partial charge in [-0.05, 0) is 55.0 Å². The Morgan fingerprint density at radius 1 is 0.818 bits per heavy atom. The second-order valence-electron chi connectivity index (χ2n) is 5.19. The Morgan fingerprint density at radius 2 is 1.41 bits per heavy atom. The zero-order chi connectivity index (χ0) is 15.6. The molecule has 0 bridgehead atoms. The standard InChI is InChI=1S/C20H21FO/c1-2-3-4-5-16-22-20-14-10-18(11-15-20)7-6-17-8-12-19(21)13-9-17/h8-15H,2-5,16H2,1H3. The van der Waals surface area contributed by atoms with Crippen LogP contribution in [0.2, 0.25) is 0 Å². The number of rotatable bonds is 6. The summed E-state index contributed by atoms with van der Waals surface area (Å²) in [4.78, 5) is 0. The average Bonchev–Trinajstić information content (AvgIpc) is 2.55. The number of halogens is 1. The first-order valence-electron chi connectivity index (χ1n) is 7.78. The van der Waals surface area contributed by atoms with Crippen LogP contribution in [0, 0.1) is 17.7 Å². The van der Waals surface area contributed by atoms with Crippen molar-refractivity contribution in [3.63, 3.8) is 0 Å². The molecule has 0 aliphatic rings. The summed E-state index contributed by atoms with van der Waals surface area (Å²) in [6.07, 6.45) is 4.82. The van der Waals surface area contributed by atoms with Crippen LogP contribution in [0.4, 0.5) is 4.39 Å². The molecule has 0 N–H and O–H groups in total. The first-order chi connectivity index (χ1) is 10.8. The highest BCUT2D eigenvalue weighted by atomic mass is 19.1. The lowest BCUT2D eigenvalue weighted by Gasteiger charge is -2.05. The molecule has 2 aromatic carbocycles. The van der Waals surface area contributed by atoms with Crippen LogP contribution < -0.4 is 4.74 Å². The molecule has 22 heavy (non-hydrogen) atoms. The molecule has 0 heterocycles. The Bertz CT molecular complexity index is 617. The Kier molecular flexibility index (Phi) is 6.51. The lowest BCUT2D eigenvalue weighted by Crippen LogP contribution is -1.96. The first kappa shape index (κ1) is 16.1. The van der Waals surface area contributed by atoms with E-state index in [-0.39, 0.29) is 5.82 Å². The van der Waals surface area contributed by atoms with Gasteiger partial charge in [-0.25, -0.2) is 4.39 Å². The van der Waals surface area contributed by atoms with Gasteiger partial charge in [0.2, 0.25) is 0 Å². The van der Waals surface area contributed by atoms with E-state index in [1.807, 2.05) is 24.3 Å². The van der Waals surface area contributed by atoms with Gasteiger partial charge < -0.3 is 4.74 Å². The van der Waals surface area contributed by atoms with Crippen molar-refractivity contribution in [2.75, 3.05) is 6.61 Å². The first-order valence-corrected chi connectivity index (χ1v) is 7.78. The highest BCUT2D eigenvalue weighted by Gasteiger charge is 1.94. The van der Waals surface area contributed by atoms with Gasteiger partial charge in [0.25, 0.3) is 0 Å². The van der Waals surface area contributed by atoms with Crippen LogP contribution in [0.3, 0.4) is 0 Å². The fourth-order valence-electron chi connectivity index (χ4n) is 2.03. The van der Waals surface area contributed by atoms with Gasteiger partial charge in [-0.2, -0.15) is 0 Å². The molecule has 0 saturated carbocycles. The van der Waals surface area contributed by atoms with E-state index < -0.39 is 0 Å². The molecular weight excluding hydrogens is 275 g/mol. The summed E-state index contributed by atoms with van der Waals surface area (Å²) in [6.45, 7) is 2.97. The van der Waals surface area contributed by atoms with Crippen LogP contribution in [-0.2, 0) is 0 Å². The summed E-state index contributed by atoms with van der Waals surface area (Å²) in [7, 11) is 0. The molecule has 2 heteroatoms. The molecular formula is C20H21FO. The van der Waals surface area contributed by atoms with Crippen LogP contribution in [0.15, 0.2) is 48.5 Å². The SMILES string of the molecule is CCCCCCOc1ccc(C#Cc2ccc(F)cc2)cc1. The van der Waals surface area contributed by atoms with Crippen LogP contribution in [0.5, 0.6) is 5.75 Å². The monoisotopic (exact) mass is 296 g/mol. The van der Waals surface area contributed by atoms with Crippen molar-refractivity contribution in [1.29, 1.82) is 0 Å². The van der Waals surface area contributed by atoms with Gasteiger partial charge in [0, 0.05) is 11.1 Å². The number of hydrogen-bond acceptors (Lipinski definition) is 1. The lowest BCUT2D eigenvalue weighted by molar-refractivity contribution is 0.305. The van der Waals surface area contributed by atoms with Gasteiger partial charge in [-0.1, -0.05) is 38.0 Å². The Morgan fingerprint density at radius 3 is 2.00 bits per heavy atom. The highest BCUT2D eigenvalue weighted by Crippen LogP contribution is 2.12.